The molecule has 0 radical (unpaired) electrons. The van der Waals surface area contributed by atoms with Crippen LogP contribution in [0.3, 0.4) is 0 Å². The number of rotatable bonds is 3. The Morgan fingerprint density at radius 2 is 1.90 bits per heavy atom. The van der Waals surface area contributed by atoms with Crippen molar-refractivity contribution < 1.29 is 9.18 Å². The highest BCUT2D eigenvalue weighted by Crippen LogP contribution is 2.43. The second-order valence-electron chi connectivity index (χ2n) is 6.69. The molecule has 1 aromatic carbocycles. The van der Waals surface area contributed by atoms with Gasteiger partial charge in [0.2, 0.25) is 0 Å². The van der Waals surface area contributed by atoms with E-state index in [0.717, 1.165) is 30.2 Å². The first-order valence-electron chi connectivity index (χ1n) is 8.10. The van der Waals surface area contributed by atoms with E-state index in [1.54, 1.807) is 6.07 Å². The fourth-order valence-corrected chi connectivity index (χ4v) is 4.40. The van der Waals surface area contributed by atoms with E-state index in [2.05, 4.69) is 0 Å². The average molecular weight is 309 g/mol. The summed E-state index contributed by atoms with van der Waals surface area (Å²) in [5.41, 5.74) is 0.758. The molecular formula is C18H22ClFO. The molecule has 1 aromatic rings. The molecule has 0 bridgehead atoms. The van der Waals surface area contributed by atoms with Gasteiger partial charge in [-0.25, -0.2) is 4.39 Å². The minimum atomic E-state index is -0.348. The number of carbonyl (C=O) groups is 1. The average Bonchev–Trinajstić information content (AvgIpc) is 2.49. The molecule has 0 N–H and O–H groups in total. The number of fused-ring (bicyclic) bond motifs is 1. The molecule has 0 aromatic heterocycles. The zero-order valence-corrected chi connectivity index (χ0v) is 13.0. The van der Waals surface area contributed by atoms with Crippen molar-refractivity contribution in [3.8, 4) is 0 Å². The highest BCUT2D eigenvalue weighted by molar-refractivity contribution is 6.31. The largest absolute Gasteiger partial charge is 0.299 e. The quantitative estimate of drug-likeness (QED) is 0.750. The maximum atomic E-state index is 13.1. The molecule has 1 nitrogen and oxygen atoms in total. The van der Waals surface area contributed by atoms with Gasteiger partial charge in [0.15, 0.2) is 0 Å². The maximum Gasteiger partial charge on any atom is 0.140 e. The normalized spacial score (nSPS) is 29.0. The Balaban J connectivity index is 1.63. The summed E-state index contributed by atoms with van der Waals surface area (Å²) in [6.45, 7) is 0. The lowest BCUT2D eigenvalue weighted by molar-refractivity contribution is -0.124. The van der Waals surface area contributed by atoms with Gasteiger partial charge >= 0.3 is 0 Å². The number of carbonyl (C=O) groups excluding carboxylic acids is 1. The molecule has 3 atom stereocenters. The van der Waals surface area contributed by atoms with E-state index in [-0.39, 0.29) is 17.5 Å². The Bertz CT molecular complexity index is 528. The van der Waals surface area contributed by atoms with Crippen LogP contribution in [0.4, 0.5) is 4.39 Å². The summed E-state index contributed by atoms with van der Waals surface area (Å²) in [7, 11) is 0. The molecule has 2 saturated carbocycles. The van der Waals surface area contributed by atoms with Gasteiger partial charge in [0.05, 0.1) is 0 Å². The molecule has 0 aliphatic heterocycles. The second kappa shape index (κ2) is 6.48. The van der Waals surface area contributed by atoms with Crippen LogP contribution in [0.1, 0.15) is 50.5 Å². The molecule has 3 unspecified atom stereocenters. The van der Waals surface area contributed by atoms with Crippen LogP contribution in [0.15, 0.2) is 18.2 Å². The van der Waals surface area contributed by atoms with Crippen molar-refractivity contribution in [1.29, 1.82) is 0 Å². The lowest BCUT2D eigenvalue weighted by Crippen LogP contribution is -2.31. The molecule has 3 heteroatoms. The summed E-state index contributed by atoms with van der Waals surface area (Å²) < 4.78 is 13.1. The summed E-state index contributed by atoms with van der Waals surface area (Å²) in [5.74, 6) is 1.74. The van der Waals surface area contributed by atoms with E-state index in [1.807, 2.05) is 0 Å². The molecular weight excluding hydrogens is 287 g/mol. The first kappa shape index (κ1) is 15.0. The molecule has 114 valence electrons. The van der Waals surface area contributed by atoms with Crippen LogP contribution < -0.4 is 0 Å². The molecule has 2 fully saturated rings. The van der Waals surface area contributed by atoms with Crippen LogP contribution in [0.5, 0.6) is 0 Å². The van der Waals surface area contributed by atoms with Crippen LogP contribution in [0.25, 0.3) is 0 Å². The summed E-state index contributed by atoms with van der Waals surface area (Å²) in [5, 5.41) is 0.370. The second-order valence-corrected chi connectivity index (χ2v) is 7.10. The Labute approximate surface area is 130 Å². The molecule has 21 heavy (non-hydrogen) atoms. The molecule has 0 heterocycles. The van der Waals surface area contributed by atoms with Gasteiger partial charge in [0.1, 0.15) is 11.6 Å². The van der Waals surface area contributed by atoms with E-state index in [1.165, 1.54) is 44.2 Å². The third kappa shape index (κ3) is 3.48. The SMILES string of the molecule is O=C(Cc1ccc(F)cc1Cl)C1CCC2CCCCC2C1. The molecule has 0 spiro atoms. The maximum absolute atomic E-state index is 13.1. The summed E-state index contributed by atoms with van der Waals surface area (Å²) >= 11 is 6.03. The van der Waals surface area contributed by atoms with Crippen molar-refractivity contribution in [2.24, 2.45) is 17.8 Å². The fraction of sp³-hybridized carbons (Fsp3) is 0.611. The van der Waals surface area contributed by atoms with Gasteiger partial charge in [-0.3, -0.25) is 4.79 Å². The van der Waals surface area contributed by atoms with Crippen molar-refractivity contribution in [3.63, 3.8) is 0 Å². The third-order valence-electron chi connectivity index (χ3n) is 5.37. The Morgan fingerprint density at radius 3 is 2.67 bits per heavy atom. The van der Waals surface area contributed by atoms with Crippen molar-refractivity contribution in [3.05, 3.63) is 34.6 Å². The number of hydrogen-bond donors (Lipinski definition) is 0. The van der Waals surface area contributed by atoms with Gasteiger partial charge in [0, 0.05) is 17.4 Å². The highest BCUT2D eigenvalue weighted by Gasteiger charge is 2.34. The third-order valence-corrected chi connectivity index (χ3v) is 5.73. The van der Waals surface area contributed by atoms with E-state index in [9.17, 15) is 9.18 Å². The van der Waals surface area contributed by atoms with Crippen molar-refractivity contribution in [2.45, 2.75) is 51.4 Å². The van der Waals surface area contributed by atoms with Crippen molar-refractivity contribution in [1.82, 2.24) is 0 Å². The smallest absolute Gasteiger partial charge is 0.140 e. The standard InChI is InChI=1S/C18H22ClFO/c19-17-11-16(20)8-7-14(17)10-18(21)15-6-5-12-3-1-2-4-13(12)9-15/h7-8,11-13,15H,1-6,9-10H2. The van der Waals surface area contributed by atoms with E-state index < -0.39 is 0 Å². The van der Waals surface area contributed by atoms with E-state index in [0.29, 0.717) is 11.4 Å². The van der Waals surface area contributed by atoms with Crippen molar-refractivity contribution in [2.75, 3.05) is 0 Å². The molecule has 0 saturated heterocycles. The number of ketones is 1. The van der Waals surface area contributed by atoms with Crippen LogP contribution >= 0.6 is 11.6 Å². The highest BCUT2D eigenvalue weighted by atomic mass is 35.5. The topological polar surface area (TPSA) is 17.1 Å². The number of halogens is 2. The molecule has 3 rings (SSSR count). The van der Waals surface area contributed by atoms with E-state index in [4.69, 9.17) is 11.6 Å². The van der Waals surface area contributed by atoms with E-state index >= 15 is 0 Å². The van der Waals surface area contributed by atoms with Gasteiger partial charge in [-0.05, 0) is 48.8 Å². The van der Waals surface area contributed by atoms with Crippen LogP contribution in [0.2, 0.25) is 5.02 Å². The summed E-state index contributed by atoms with van der Waals surface area (Å²) in [6, 6.07) is 4.32. The minimum Gasteiger partial charge on any atom is -0.299 e. The number of Topliss-reactive ketones (excluding diaryl/α,β-unsaturated/α-hetero) is 1. The zero-order chi connectivity index (χ0) is 14.8. The molecule has 2 aliphatic rings. The van der Waals surface area contributed by atoms with Gasteiger partial charge < -0.3 is 0 Å². The van der Waals surface area contributed by atoms with Crippen LogP contribution in [-0.2, 0) is 11.2 Å². The minimum absolute atomic E-state index is 0.186. The number of hydrogen-bond acceptors (Lipinski definition) is 1. The lowest BCUT2D eigenvalue weighted by Gasteiger charge is -2.38. The summed E-state index contributed by atoms with van der Waals surface area (Å²) in [6.07, 6.45) is 8.98. The van der Waals surface area contributed by atoms with Gasteiger partial charge in [-0.15, -0.1) is 0 Å². The predicted molar refractivity (Wildman–Crippen MR) is 82.9 cm³/mol. The monoisotopic (exact) mass is 308 g/mol. The lowest BCUT2D eigenvalue weighted by atomic mass is 9.66. The first-order chi connectivity index (χ1) is 10.1. The Kier molecular flexibility index (Phi) is 4.63. The summed E-state index contributed by atoms with van der Waals surface area (Å²) in [4.78, 5) is 12.5. The van der Waals surface area contributed by atoms with Gasteiger partial charge in [-0.2, -0.15) is 0 Å². The Morgan fingerprint density at radius 1 is 1.14 bits per heavy atom. The number of benzene rings is 1. The zero-order valence-electron chi connectivity index (χ0n) is 12.3. The Hall–Kier alpha value is -0.890. The van der Waals surface area contributed by atoms with Crippen LogP contribution in [0, 0.1) is 23.6 Å². The predicted octanol–water partition coefficient (Wildman–Crippen LogP) is 5.20. The first-order valence-corrected chi connectivity index (χ1v) is 8.48. The van der Waals surface area contributed by atoms with Gasteiger partial charge in [-0.1, -0.05) is 43.4 Å². The fourth-order valence-electron chi connectivity index (χ4n) is 4.16. The molecule has 2 aliphatic carbocycles. The van der Waals surface area contributed by atoms with Gasteiger partial charge in [0.25, 0.3) is 0 Å². The van der Waals surface area contributed by atoms with Crippen LogP contribution in [-0.4, -0.2) is 5.78 Å². The van der Waals surface area contributed by atoms with Crippen molar-refractivity contribution >= 4 is 17.4 Å². The molecule has 0 amide bonds.